The molecular formula is C12H9F7N2O2S. The fourth-order valence-corrected chi connectivity index (χ4v) is 2.72. The summed E-state index contributed by atoms with van der Waals surface area (Å²) in [5.74, 6) is -2.14. The van der Waals surface area contributed by atoms with E-state index in [2.05, 4.69) is 5.10 Å². The Balaban J connectivity index is 2.62. The minimum atomic E-state index is -10.1. The van der Waals surface area contributed by atoms with Gasteiger partial charge in [0, 0.05) is 7.05 Å². The van der Waals surface area contributed by atoms with Crippen molar-refractivity contribution < 1.29 is 37.7 Å². The number of hydrogen-bond donors (Lipinski definition) is 0. The summed E-state index contributed by atoms with van der Waals surface area (Å²) in [5.41, 5.74) is -1.86. The Kier molecular flexibility index (Phi) is 3.68. The zero-order valence-corrected chi connectivity index (χ0v) is 12.5. The van der Waals surface area contributed by atoms with Gasteiger partial charge in [-0.1, -0.05) is 31.6 Å². The second kappa shape index (κ2) is 4.88. The number of hydrogen-bond acceptors (Lipinski definition) is 3. The van der Waals surface area contributed by atoms with Gasteiger partial charge in [0.1, 0.15) is 16.2 Å². The second-order valence-corrected chi connectivity index (χ2v) is 7.04. The molecule has 0 aliphatic carbocycles. The van der Waals surface area contributed by atoms with Gasteiger partial charge in [0.2, 0.25) is 5.88 Å². The highest BCUT2D eigenvalue weighted by Gasteiger charge is 2.67. The van der Waals surface area contributed by atoms with E-state index in [9.17, 15) is 33.0 Å². The van der Waals surface area contributed by atoms with Gasteiger partial charge in [-0.25, -0.2) is 13.5 Å². The molecule has 0 amide bonds. The van der Waals surface area contributed by atoms with Crippen molar-refractivity contribution in [2.24, 2.45) is 7.05 Å². The maximum atomic E-state index is 13.0. The highest BCUT2D eigenvalue weighted by Crippen LogP contribution is 3.03. The summed E-state index contributed by atoms with van der Waals surface area (Å²) >= 11 is 0. The molecule has 4 nitrogen and oxygen atoms in total. The highest BCUT2D eigenvalue weighted by molar-refractivity contribution is 8.45. The first-order chi connectivity index (χ1) is 10.7. The van der Waals surface area contributed by atoms with Crippen LogP contribution in [0.1, 0.15) is 22.5 Å². The minimum Gasteiger partial charge on any atom is -0.437 e. The third-order valence-corrected chi connectivity index (χ3v) is 4.02. The Labute approximate surface area is 130 Å². The van der Waals surface area contributed by atoms with Crippen molar-refractivity contribution in [2.75, 3.05) is 0 Å². The number of aryl methyl sites for hydroxylation is 1. The third kappa shape index (κ3) is 3.47. The van der Waals surface area contributed by atoms with E-state index in [1.165, 1.54) is 0 Å². The largest absolute Gasteiger partial charge is 0.437 e. The lowest BCUT2D eigenvalue weighted by Gasteiger charge is -2.41. The number of ether oxygens (including phenoxy) is 1. The standard InChI is InChI=1S/C12H9F7N2O2S/c1-21-12(7(6-22)10(20-21)11(13)14)23-8-4-2-3-5-9(8)24(15,16,17,18)19/h2-6,11H,1H3. The molecule has 0 radical (unpaired) electrons. The number of halogens is 7. The molecule has 0 aliphatic rings. The number of aromatic nitrogens is 2. The molecule has 0 spiro atoms. The number of aldehydes is 1. The van der Waals surface area contributed by atoms with E-state index in [0.29, 0.717) is 16.8 Å². The molecule has 0 fully saturated rings. The summed E-state index contributed by atoms with van der Waals surface area (Å²) in [6, 6.07) is 2.38. The van der Waals surface area contributed by atoms with E-state index < -0.39 is 44.4 Å². The van der Waals surface area contributed by atoms with Crippen LogP contribution in [-0.2, 0) is 7.05 Å². The van der Waals surface area contributed by atoms with Gasteiger partial charge in [0.15, 0.2) is 12.0 Å². The molecule has 0 aliphatic heterocycles. The van der Waals surface area contributed by atoms with Crippen molar-refractivity contribution in [3.05, 3.63) is 35.5 Å². The molecule has 0 saturated heterocycles. The molecule has 0 atom stereocenters. The fraction of sp³-hybridized carbons (Fsp3) is 0.167. The van der Waals surface area contributed by atoms with Crippen LogP contribution >= 0.6 is 10.2 Å². The zero-order valence-electron chi connectivity index (χ0n) is 11.7. The molecule has 2 aromatic rings. The highest BCUT2D eigenvalue weighted by atomic mass is 32.5. The van der Waals surface area contributed by atoms with Gasteiger partial charge in [0.25, 0.3) is 6.43 Å². The number of benzene rings is 1. The summed E-state index contributed by atoms with van der Waals surface area (Å²) in [4.78, 5) is 8.60. The van der Waals surface area contributed by atoms with Crippen molar-refractivity contribution in [1.29, 1.82) is 0 Å². The summed E-state index contributed by atoms with van der Waals surface area (Å²) < 4.78 is 96.0. The quantitative estimate of drug-likeness (QED) is 0.501. The monoisotopic (exact) mass is 378 g/mol. The van der Waals surface area contributed by atoms with Crippen LogP contribution < -0.4 is 4.74 Å². The van der Waals surface area contributed by atoms with Crippen LogP contribution in [0.15, 0.2) is 29.2 Å². The normalized spacial score (nSPS) is 15.0. The van der Waals surface area contributed by atoms with Crippen LogP contribution in [0.3, 0.4) is 0 Å². The van der Waals surface area contributed by atoms with E-state index in [-0.39, 0.29) is 12.4 Å². The van der Waals surface area contributed by atoms with E-state index in [4.69, 9.17) is 4.74 Å². The summed E-state index contributed by atoms with van der Waals surface area (Å²) in [6.45, 7) is 0. The van der Waals surface area contributed by atoms with Crippen LogP contribution in [0, 0.1) is 0 Å². The van der Waals surface area contributed by atoms with Crippen LogP contribution in [0.5, 0.6) is 11.6 Å². The van der Waals surface area contributed by atoms with Gasteiger partial charge in [-0.05, 0) is 12.1 Å². The molecule has 0 saturated carbocycles. The lowest BCUT2D eigenvalue weighted by molar-refractivity contribution is 0.110. The third-order valence-electron chi connectivity index (χ3n) is 2.85. The molecule has 1 heterocycles. The molecule has 0 N–H and O–H groups in total. The van der Waals surface area contributed by atoms with E-state index in [1.54, 1.807) is 0 Å². The van der Waals surface area contributed by atoms with Crippen LogP contribution in [0.2, 0.25) is 0 Å². The molecule has 0 unspecified atom stereocenters. The maximum Gasteiger partial charge on any atom is 0.313 e. The number of nitrogens with zero attached hydrogens (tertiary/aromatic N) is 2. The molecule has 1 aromatic heterocycles. The van der Waals surface area contributed by atoms with E-state index >= 15 is 0 Å². The number of alkyl halides is 2. The smallest absolute Gasteiger partial charge is 0.313 e. The topological polar surface area (TPSA) is 44.1 Å². The Morgan fingerprint density at radius 3 is 2.25 bits per heavy atom. The van der Waals surface area contributed by atoms with Gasteiger partial charge < -0.3 is 4.74 Å². The lowest BCUT2D eigenvalue weighted by Crippen LogP contribution is -2.08. The van der Waals surface area contributed by atoms with Gasteiger partial charge in [-0.15, -0.1) is 0 Å². The molecule has 24 heavy (non-hydrogen) atoms. The summed E-state index contributed by atoms with van der Waals surface area (Å²) in [5, 5.41) is 3.25. The first-order valence-corrected chi connectivity index (χ1v) is 8.01. The average molecular weight is 378 g/mol. The molecule has 2 rings (SSSR count). The molecule has 12 heteroatoms. The predicted octanol–water partition coefficient (Wildman–Crippen LogP) is 5.62. The van der Waals surface area contributed by atoms with E-state index in [0.717, 1.165) is 13.1 Å². The zero-order chi connectivity index (χ0) is 18.4. The molecular weight excluding hydrogens is 369 g/mol. The number of para-hydroxylation sites is 1. The summed E-state index contributed by atoms with van der Waals surface area (Å²) in [6.07, 6.45) is -3.31. The Morgan fingerprint density at radius 2 is 1.75 bits per heavy atom. The maximum absolute atomic E-state index is 13.0. The van der Waals surface area contributed by atoms with Crippen LogP contribution in [0.25, 0.3) is 0 Å². The van der Waals surface area contributed by atoms with Crippen molar-refractivity contribution >= 4 is 16.5 Å². The first-order valence-electron chi connectivity index (χ1n) is 6.06. The SMILES string of the molecule is Cn1nc(C(F)F)c(C=O)c1Oc1ccccc1S(F)(F)(F)(F)F. The molecule has 0 bridgehead atoms. The number of carbonyl (C=O) groups excluding carboxylic acids is 1. The van der Waals surface area contributed by atoms with Gasteiger partial charge in [0.05, 0.1) is 0 Å². The predicted molar refractivity (Wildman–Crippen MR) is 71.5 cm³/mol. The van der Waals surface area contributed by atoms with Gasteiger partial charge in [-0.3, -0.25) is 4.79 Å². The van der Waals surface area contributed by atoms with Crippen molar-refractivity contribution in [3.8, 4) is 11.6 Å². The Bertz CT molecular complexity index is 802. The Morgan fingerprint density at radius 1 is 1.17 bits per heavy atom. The first kappa shape index (κ1) is 18.1. The molecule has 1 aromatic carbocycles. The van der Waals surface area contributed by atoms with Gasteiger partial charge in [-0.2, -0.15) is 5.10 Å². The average Bonchev–Trinajstić information content (AvgIpc) is 2.73. The minimum absolute atomic E-state index is 0.0991. The summed E-state index contributed by atoms with van der Waals surface area (Å²) in [7, 11) is -9.09. The van der Waals surface area contributed by atoms with Crippen molar-refractivity contribution in [1.82, 2.24) is 9.78 Å². The van der Waals surface area contributed by atoms with Crippen molar-refractivity contribution in [2.45, 2.75) is 11.3 Å². The number of rotatable bonds is 5. The van der Waals surface area contributed by atoms with Crippen LogP contribution in [-0.4, -0.2) is 16.1 Å². The van der Waals surface area contributed by atoms with Gasteiger partial charge >= 0.3 is 10.2 Å². The number of carbonyl (C=O) groups is 1. The lowest BCUT2D eigenvalue weighted by atomic mass is 10.2. The van der Waals surface area contributed by atoms with Crippen molar-refractivity contribution in [3.63, 3.8) is 0 Å². The van der Waals surface area contributed by atoms with Crippen LogP contribution in [0.4, 0.5) is 28.2 Å². The second-order valence-electron chi connectivity index (χ2n) is 4.66. The Hall–Kier alpha value is -2.24. The molecule has 134 valence electrons. The van der Waals surface area contributed by atoms with E-state index in [1.807, 2.05) is 0 Å². The fourth-order valence-electron chi connectivity index (χ4n) is 1.90.